The molecular weight excluding hydrogens is 412 g/mol. The van der Waals surface area contributed by atoms with Crippen molar-refractivity contribution in [3.8, 4) is 0 Å². The van der Waals surface area contributed by atoms with Gasteiger partial charge >= 0.3 is 0 Å². The van der Waals surface area contributed by atoms with Crippen LogP contribution in [-0.2, 0) is 17.8 Å². The molecular formula is C27H32N4O2. The van der Waals surface area contributed by atoms with E-state index in [9.17, 15) is 9.59 Å². The van der Waals surface area contributed by atoms with E-state index in [-0.39, 0.29) is 17.9 Å². The molecule has 0 unspecified atom stereocenters. The summed E-state index contributed by atoms with van der Waals surface area (Å²) in [5.41, 5.74) is 1.98. The van der Waals surface area contributed by atoms with Gasteiger partial charge in [-0.25, -0.2) is 4.98 Å². The predicted octanol–water partition coefficient (Wildman–Crippen LogP) is 4.33. The fourth-order valence-corrected chi connectivity index (χ4v) is 5.35. The van der Waals surface area contributed by atoms with Crippen molar-refractivity contribution in [2.75, 3.05) is 6.54 Å². The Morgan fingerprint density at radius 1 is 1.06 bits per heavy atom. The molecule has 0 saturated heterocycles. The van der Waals surface area contributed by atoms with Crippen molar-refractivity contribution in [1.82, 2.24) is 19.8 Å². The standard InChI is InChI=1S/C27H32N4O2/c1-27(26(33)28-21-14-6-3-7-15-21)19-30-23-17-9-8-16-22(23)29-24(30)25(32)31(27)18-10-13-20-11-4-2-5-12-20/h2,4-5,8-9,11-12,16-17,21H,3,6-7,10,13-15,18-19H2,1H3,(H,28,33)/t27-/m0/s1. The van der Waals surface area contributed by atoms with E-state index < -0.39 is 5.54 Å². The first-order valence-corrected chi connectivity index (χ1v) is 12.2. The highest BCUT2D eigenvalue weighted by atomic mass is 16.2. The van der Waals surface area contributed by atoms with Gasteiger partial charge in [0, 0.05) is 12.6 Å². The van der Waals surface area contributed by atoms with Crippen LogP contribution in [0.5, 0.6) is 0 Å². The molecule has 0 spiro atoms. The second-order valence-corrected chi connectivity index (χ2v) is 9.64. The Bertz CT molecular complexity index is 1150. The number of benzene rings is 2. The molecule has 1 fully saturated rings. The van der Waals surface area contributed by atoms with Crippen molar-refractivity contribution in [2.45, 2.75) is 70.0 Å². The van der Waals surface area contributed by atoms with E-state index in [2.05, 4.69) is 22.4 Å². The summed E-state index contributed by atoms with van der Waals surface area (Å²) < 4.78 is 1.94. The van der Waals surface area contributed by atoms with Gasteiger partial charge in [-0.2, -0.15) is 0 Å². The van der Waals surface area contributed by atoms with Gasteiger partial charge < -0.3 is 14.8 Å². The normalized spacial score (nSPS) is 21.2. The molecule has 2 aliphatic rings. The summed E-state index contributed by atoms with van der Waals surface area (Å²) in [5, 5.41) is 3.29. The number of para-hydroxylation sites is 2. The van der Waals surface area contributed by atoms with Crippen LogP contribution in [0.15, 0.2) is 54.6 Å². The third-order valence-electron chi connectivity index (χ3n) is 7.27. The van der Waals surface area contributed by atoms with E-state index in [1.165, 1.54) is 12.0 Å². The molecule has 33 heavy (non-hydrogen) atoms. The highest BCUT2D eigenvalue weighted by Gasteiger charge is 2.48. The Hall–Kier alpha value is -3.15. The number of hydrogen-bond acceptors (Lipinski definition) is 3. The SMILES string of the molecule is C[C@@]1(C(=O)NC2CCCCC2)Cn2c(nc3ccccc32)C(=O)N1CCCc1ccccc1. The summed E-state index contributed by atoms with van der Waals surface area (Å²) in [6.45, 7) is 2.85. The van der Waals surface area contributed by atoms with Gasteiger partial charge in [0.25, 0.3) is 5.91 Å². The van der Waals surface area contributed by atoms with Gasteiger partial charge in [0.1, 0.15) is 5.54 Å². The van der Waals surface area contributed by atoms with Gasteiger partial charge in [0.05, 0.1) is 17.6 Å². The topological polar surface area (TPSA) is 67.2 Å². The molecule has 2 heterocycles. The molecule has 1 saturated carbocycles. The van der Waals surface area contributed by atoms with E-state index in [0.717, 1.165) is 49.6 Å². The summed E-state index contributed by atoms with van der Waals surface area (Å²) in [7, 11) is 0. The Labute approximate surface area is 195 Å². The number of fused-ring (bicyclic) bond motifs is 3. The molecule has 1 atom stereocenters. The number of rotatable bonds is 6. The molecule has 3 aromatic rings. The van der Waals surface area contributed by atoms with E-state index in [1.54, 1.807) is 4.90 Å². The van der Waals surface area contributed by atoms with Gasteiger partial charge in [-0.3, -0.25) is 9.59 Å². The van der Waals surface area contributed by atoms with E-state index in [4.69, 9.17) is 0 Å². The van der Waals surface area contributed by atoms with Crippen LogP contribution in [0, 0.1) is 0 Å². The van der Waals surface area contributed by atoms with Gasteiger partial charge in [0.15, 0.2) is 5.82 Å². The molecule has 2 aromatic carbocycles. The highest BCUT2D eigenvalue weighted by Crippen LogP contribution is 2.31. The molecule has 1 aliphatic heterocycles. The maximum atomic E-state index is 13.7. The van der Waals surface area contributed by atoms with Crippen molar-refractivity contribution in [3.63, 3.8) is 0 Å². The maximum Gasteiger partial charge on any atom is 0.290 e. The number of aromatic nitrogens is 2. The average molecular weight is 445 g/mol. The largest absolute Gasteiger partial charge is 0.351 e. The molecule has 0 bridgehead atoms. The minimum atomic E-state index is -0.957. The van der Waals surface area contributed by atoms with Crippen LogP contribution < -0.4 is 5.32 Å². The number of nitrogens with one attached hydrogen (secondary N) is 1. The lowest BCUT2D eigenvalue weighted by Gasteiger charge is -2.44. The average Bonchev–Trinajstić information content (AvgIpc) is 3.21. The second kappa shape index (κ2) is 9.00. The van der Waals surface area contributed by atoms with Crippen LogP contribution in [-0.4, -0.2) is 44.4 Å². The molecule has 2 amide bonds. The Balaban J connectivity index is 1.44. The van der Waals surface area contributed by atoms with Crippen LogP contribution in [0.25, 0.3) is 11.0 Å². The second-order valence-electron chi connectivity index (χ2n) is 9.64. The zero-order chi connectivity index (χ0) is 22.8. The van der Waals surface area contributed by atoms with Gasteiger partial charge in [-0.15, -0.1) is 0 Å². The van der Waals surface area contributed by atoms with Crippen LogP contribution in [0.4, 0.5) is 0 Å². The van der Waals surface area contributed by atoms with Crippen molar-refractivity contribution < 1.29 is 9.59 Å². The van der Waals surface area contributed by atoms with Crippen molar-refractivity contribution in [3.05, 3.63) is 66.0 Å². The van der Waals surface area contributed by atoms with Crippen LogP contribution >= 0.6 is 0 Å². The zero-order valence-electron chi connectivity index (χ0n) is 19.3. The number of aryl methyl sites for hydroxylation is 1. The number of hydrogen-bond donors (Lipinski definition) is 1. The molecule has 0 radical (unpaired) electrons. The fraction of sp³-hybridized carbons (Fsp3) is 0.444. The van der Waals surface area contributed by atoms with Crippen LogP contribution in [0.2, 0.25) is 0 Å². The Morgan fingerprint density at radius 3 is 2.58 bits per heavy atom. The summed E-state index contributed by atoms with van der Waals surface area (Å²) in [5.74, 6) is 0.219. The monoisotopic (exact) mass is 444 g/mol. The molecule has 172 valence electrons. The first-order chi connectivity index (χ1) is 16.1. The Morgan fingerprint density at radius 2 is 1.79 bits per heavy atom. The third-order valence-corrected chi connectivity index (χ3v) is 7.27. The minimum absolute atomic E-state index is 0.0501. The lowest BCUT2D eigenvalue weighted by molar-refractivity contribution is -0.133. The van der Waals surface area contributed by atoms with Crippen molar-refractivity contribution >= 4 is 22.8 Å². The molecule has 1 N–H and O–H groups in total. The lowest BCUT2D eigenvalue weighted by atomic mass is 9.91. The van der Waals surface area contributed by atoms with E-state index >= 15 is 0 Å². The Kier molecular flexibility index (Phi) is 5.92. The smallest absolute Gasteiger partial charge is 0.290 e. The first-order valence-electron chi connectivity index (χ1n) is 12.2. The van der Waals surface area contributed by atoms with Gasteiger partial charge in [0.2, 0.25) is 5.91 Å². The summed E-state index contributed by atoms with van der Waals surface area (Å²) in [6, 6.07) is 18.3. The first kappa shape index (κ1) is 21.7. The maximum absolute atomic E-state index is 13.7. The fourth-order valence-electron chi connectivity index (χ4n) is 5.35. The quantitative estimate of drug-likeness (QED) is 0.615. The summed E-state index contributed by atoms with van der Waals surface area (Å²) >= 11 is 0. The molecule has 6 nitrogen and oxygen atoms in total. The highest BCUT2D eigenvalue weighted by molar-refractivity contribution is 6.01. The molecule has 5 rings (SSSR count). The van der Waals surface area contributed by atoms with E-state index in [0.29, 0.717) is 18.9 Å². The van der Waals surface area contributed by atoms with Crippen molar-refractivity contribution in [1.29, 1.82) is 0 Å². The van der Waals surface area contributed by atoms with Crippen LogP contribution in [0.3, 0.4) is 0 Å². The molecule has 1 aromatic heterocycles. The van der Waals surface area contributed by atoms with Gasteiger partial charge in [-0.05, 0) is 50.3 Å². The number of amides is 2. The number of nitrogens with zero attached hydrogens (tertiary/aromatic N) is 3. The lowest BCUT2D eigenvalue weighted by Crippen LogP contribution is -2.65. The number of carbonyl (C=O) groups excluding carboxylic acids is 2. The number of imidazole rings is 1. The van der Waals surface area contributed by atoms with Crippen LogP contribution in [0.1, 0.15) is 61.6 Å². The zero-order valence-corrected chi connectivity index (χ0v) is 19.3. The van der Waals surface area contributed by atoms with Gasteiger partial charge in [-0.1, -0.05) is 61.7 Å². The molecule has 6 heteroatoms. The summed E-state index contributed by atoms with van der Waals surface area (Å²) in [6.07, 6.45) is 7.23. The predicted molar refractivity (Wildman–Crippen MR) is 129 cm³/mol. The minimum Gasteiger partial charge on any atom is -0.351 e. The summed E-state index contributed by atoms with van der Waals surface area (Å²) in [4.78, 5) is 33.8. The van der Waals surface area contributed by atoms with E-state index in [1.807, 2.05) is 54.0 Å². The number of carbonyl (C=O) groups is 2. The van der Waals surface area contributed by atoms with Crippen molar-refractivity contribution in [2.24, 2.45) is 0 Å². The molecule has 1 aliphatic carbocycles. The third kappa shape index (κ3) is 4.14.